The van der Waals surface area contributed by atoms with Crippen LogP contribution in [-0.4, -0.2) is 49.8 Å². The van der Waals surface area contributed by atoms with Crippen LogP contribution in [0.4, 0.5) is 0 Å². The minimum Gasteiger partial charge on any atom is -0.380 e. The van der Waals surface area contributed by atoms with E-state index < -0.39 is 0 Å². The fourth-order valence-electron chi connectivity index (χ4n) is 2.65. The smallest absolute Gasteiger partial charge is 0.0593 e. The van der Waals surface area contributed by atoms with Crippen LogP contribution in [0.3, 0.4) is 0 Å². The summed E-state index contributed by atoms with van der Waals surface area (Å²) in [5, 5.41) is 3.73. The van der Waals surface area contributed by atoms with Crippen LogP contribution in [0.25, 0.3) is 0 Å². The largest absolute Gasteiger partial charge is 0.380 e. The molecule has 1 heterocycles. The van der Waals surface area contributed by atoms with Crippen LogP contribution in [0.15, 0.2) is 0 Å². The van der Waals surface area contributed by atoms with Crippen LogP contribution < -0.4 is 5.32 Å². The highest BCUT2D eigenvalue weighted by Crippen LogP contribution is 2.25. The number of hydrogen-bond acceptors (Lipinski definition) is 3. The maximum Gasteiger partial charge on any atom is 0.0593 e. The minimum atomic E-state index is 0.325. The van der Waals surface area contributed by atoms with Crippen molar-refractivity contribution in [2.75, 3.05) is 32.8 Å². The molecule has 0 saturated carbocycles. The van der Waals surface area contributed by atoms with Crippen molar-refractivity contribution in [3.63, 3.8) is 0 Å². The Hall–Kier alpha value is -0.120. The Balaban J connectivity index is 2.58. The van der Waals surface area contributed by atoms with Gasteiger partial charge in [0.1, 0.15) is 0 Å². The third-order valence-corrected chi connectivity index (χ3v) is 4.00. The predicted octanol–water partition coefficient (Wildman–Crippen LogP) is 2.37. The van der Waals surface area contributed by atoms with Gasteiger partial charge in [-0.3, -0.25) is 4.90 Å². The molecule has 0 aromatic rings. The van der Waals surface area contributed by atoms with Crippen LogP contribution in [-0.2, 0) is 4.74 Å². The van der Waals surface area contributed by atoms with Crippen molar-refractivity contribution in [3.05, 3.63) is 0 Å². The Bertz CT molecular complexity index is 235. The second kappa shape index (κ2) is 6.88. The number of nitrogens with zero attached hydrogens (tertiary/aromatic N) is 1. The molecule has 1 fully saturated rings. The van der Waals surface area contributed by atoms with Crippen molar-refractivity contribution < 1.29 is 4.74 Å². The summed E-state index contributed by atoms with van der Waals surface area (Å²) >= 11 is 0. The number of hydrogen-bond donors (Lipinski definition) is 1. The molecule has 3 nitrogen and oxygen atoms in total. The fourth-order valence-corrected chi connectivity index (χ4v) is 2.65. The van der Waals surface area contributed by atoms with Crippen molar-refractivity contribution >= 4 is 0 Å². The predicted molar refractivity (Wildman–Crippen MR) is 77.9 cm³/mol. The summed E-state index contributed by atoms with van der Waals surface area (Å²) in [5.74, 6) is 0.694. The van der Waals surface area contributed by atoms with Gasteiger partial charge in [0.05, 0.1) is 6.61 Å². The number of piperazine rings is 1. The quantitative estimate of drug-likeness (QED) is 0.764. The summed E-state index contributed by atoms with van der Waals surface area (Å²) in [6, 6.07) is 1.22. The van der Waals surface area contributed by atoms with E-state index in [1.54, 1.807) is 0 Å². The summed E-state index contributed by atoms with van der Waals surface area (Å²) in [4.78, 5) is 2.62. The maximum absolute atomic E-state index is 5.52. The van der Waals surface area contributed by atoms with E-state index in [1.807, 2.05) is 0 Å². The molecule has 2 unspecified atom stereocenters. The molecule has 1 aliphatic rings. The normalized spacial score (nSPS) is 26.8. The van der Waals surface area contributed by atoms with E-state index in [4.69, 9.17) is 4.74 Å². The SMILES string of the molecule is CCOCCN1CC(C(C)(C)C)NCC1C(C)C. The van der Waals surface area contributed by atoms with Crippen LogP contribution >= 0.6 is 0 Å². The van der Waals surface area contributed by atoms with E-state index in [2.05, 4.69) is 51.8 Å². The van der Waals surface area contributed by atoms with Gasteiger partial charge in [-0.25, -0.2) is 0 Å². The zero-order valence-corrected chi connectivity index (χ0v) is 13.1. The highest BCUT2D eigenvalue weighted by molar-refractivity contribution is 4.92. The molecule has 0 aliphatic carbocycles. The molecular formula is C15H32N2O. The number of rotatable bonds is 5. The van der Waals surface area contributed by atoms with Gasteiger partial charge in [-0.2, -0.15) is 0 Å². The highest BCUT2D eigenvalue weighted by atomic mass is 16.5. The Morgan fingerprint density at radius 2 is 2.00 bits per heavy atom. The molecule has 0 aromatic heterocycles. The van der Waals surface area contributed by atoms with Crippen molar-refractivity contribution in [2.45, 2.75) is 53.6 Å². The second-order valence-corrected chi connectivity index (χ2v) is 6.83. The van der Waals surface area contributed by atoms with E-state index in [0.29, 0.717) is 23.4 Å². The van der Waals surface area contributed by atoms with Crippen molar-refractivity contribution in [3.8, 4) is 0 Å². The van der Waals surface area contributed by atoms with Gasteiger partial charge in [-0.15, -0.1) is 0 Å². The lowest BCUT2D eigenvalue weighted by Gasteiger charge is -2.46. The zero-order chi connectivity index (χ0) is 13.8. The molecule has 18 heavy (non-hydrogen) atoms. The van der Waals surface area contributed by atoms with Gasteiger partial charge in [0.15, 0.2) is 0 Å². The minimum absolute atomic E-state index is 0.325. The lowest BCUT2D eigenvalue weighted by Crippen LogP contribution is -2.62. The third kappa shape index (κ3) is 4.52. The molecule has 0 spiro atoms. The lowest BCUT2D eigenvalue weighted by molar-refractivity contribution is 0.0340. The first-order valence-electron chi connectivity index (χ1n) is 7.41. The Morgan fingerprint density at radius 3 is 2.50 bits per heavy atom. The van der Waals surface area contributed by atoms with E-state index in [-0.39, 0.29) is 0 Å². The summed E-state index contributed by atoms with van der Waals surface area (Å²) < 4.78 is 5.52. The third-order valence-electron chi connectivity index (χ3n) is 4.00. The molecule has 3 heteroatoms. The molecule has 1 saturated heterocycles. The highest BCUT2D eigenvalue weighted by Gasteiger charge is 2.34. The first-order valence-corrected chi connectivity index (χ1v) is 7.41. The standard InChI is InChI=1S/C15H32N2O/c1-7-18-9-8-17-11-14(15(4,5)6)16-10-13(17)12(2)3/h12-14,16H,7-11H2,1-6H3. The molecule has 1 N–H and O–H groups in total. The van der Waals surface area contributed by atoms with Gasteiger partial charge in [0.2, 0.25) is 0 Å². The Morgan fingerprint density at radius 1 is 1.33 bits per heavy atom. The average Bonchev–Trinajstić information content (AvgIpc) is 2.27. The van der Waals surface area contributed by atoms with E-state index in [1.165, 1.54) is 0 Å². The van der Waals surface area contributed by atoms with Crippen molar-refractivity contribution in [1.82, 2.24) is 10.2 Å². The first kappa shape index (κ1) is 15.9. The second-order valence-electron chi connectivity index (χ2n) is 6.83. The summed E-state index contributed by atoms with van der Waals surface area (Å²) in [5.41, 5.74) is 0.325. The molecule has 0 bridgehead atoms. The van der Waals surface area contributed by atoms with Gasteiger partial charge in [-0.1, -0.05) is 34.6 Å². The van der Waals surface area contributed by atoms with E-state index in [0.717, 1.165) is 32.8 Å². The van der Waals surface area contributed by atoms with Crippen LogP contribution in [0, 0.1) is 11.3 Å². The first-order chi connectivity index (χ1) is 8.36. The van der Waals surface area contributed by atoms with Crippen LogP contribution in [0.5, 0.6) is 0 Å². The monoisotopic (exact) mass is 256 g/mol. The lowest BCUT2D eigenvalue weighted by atomic mass is 9.83. The van der Waals surface area contributed by atoms with Crippen LogP contribution in [0.1, 0.15) is 41.5 Å². The zero-order valence-electron chi connectivity index (χ0n) is 13.1. The average molecular weight is 256 g/mol. The van der Waals surface area contributed by atoms with Crippen molar-refractivity contribution in [1.29, 1.82) is 0 Å². The van der Waals surface area contributed by atoms with Crippen molar-refractivity contribution in [2.24, 2.45) is 11.3 Å². The molecule has 0 aromatic carbocycles. The molecular weight excluding hydrogens is 224 g/mol. The molecule has 108 valence electrons. The Labute approximate surface area is 113 Å². The molecule has 0 amide bonds. The van der Waals surface area contributed by atoms with E-state index in [9.17, 15) is 0 Å². The van der Waals surface area contributed by atoms with Gasteiger partial charge < -0.3 is 10.1 Å². The van der Waals surface area contributed by atoms with Gasteiger partial charge in [-0.05, 0) is 18.3 Å². The summed E-state index contributed by atoms with van der Waals surface area (Å²) in [6.45, 7) is 18.6. The van der Waals surface area contributed by atoms with Gasteiger partial charge in [0, 0.05) is 38.3 Å². The number of ether oxygens (including phenoxy) is 1. The summed E-state index contributed by atoms with van der Waals surface area (Å²) in [7, 11) is 0. The van der Waals surface area contributed by atoms with E-state index >= 15 is 0 Å². The van der Waals surface area contributed by atoms with Crippen LogP contribution in [0.2, 0.25) is 0 Å². The fraction of sp³-hybridized carbons (Fsp3) is 1.00. The Kier molecular flexibility index (Phi) is 6.09. The molecule has 1 rings (SSSR count). The molecule has 0 radical (unpaired) electrons. The molecule has 1 aliphatic heterocycles. The topological polar surface area (TPSA) is 24.5 Å². The van der Waals surface area contributed by atoms with Gasteiger partial charge >= 0.3 is 0 Å². The summed E-state index contributed by atoms with van der Waals surface area (Å²) in [6.07, 6.45) is 0. The molecule has 2 atom stereocenters. The maximum atomic E-state index is 5.52. The number of nitrogens with one attached hydrogen (secondary N) is 1. The van der Waals surface area contributed by atoms with Gasteiger partial charge in [0.25, 0.3) is 0 Å².